The average Bonchev–Trinajstić information content (AvgIpc) is 2.84. The van der Waals surface area contributed by atoms with Crippen LogP contribution in [0.3, 0.4) is 0 Å². The van der Waals surface area contributed by atoms with Crippen molar-refractivity contribution in [2.45, 2.75) is 31.8 Å². The third-order valence-corrected chi connectivity index (χ3v) is 3.59. The minimum Gasteiger partial charge on any atom is -0.469 e. The highest BCUT2D eigenvalue weighted by atomic mass is 16.5. The number of hydrogen-bond donors (Lipinski definition) is 0. The molecule has 0 amide bonds. The minimum absolute atomic E-state index is 0.148. The number of nitrogens with zero attached hydrogens (tertiary/aromatic N) is 1. The van der Waals surface area contributed by atoms with Gasteiger partial charge in [-0.15, -0.1) is 0 Å². The number of esters is 2. The number of methoxy groups -OCH3 is 1. The molecule has 1 aliphatic carbocycles. The molecule has 19 heavy (non-hydrogen) atoms. The zero-order chi connectivity index (χ0) is 13.8. The third-order valence-electron chi connectivity index (χ3n) is 3.59. The maximum atomic E-state index is 12.0. The summed E-state index contributed by atoms with van der Waals surface area (Å²) >= 11 is 0. The summed E-state index contributed by atoms with van der Waals surface area (Å²) < 4.78 is 11.9. The molecule has 0 saturated heterocycles. The van der Waals surface area contributed by atoms with E-state index in [0.717, 1.165) is 19.3 Å². The van der Waals surface area contributed by atoms with E-state index in [1.807, 2.05) is 0 Å². The zero-order valence-electron chi connectivity index (χ0n) is 11.3. The van der Waals surface area contributed by atoms with Gasteiger partial charge < -0.3 is 14.0 Å². The first-order valence-electron chi connectivity index (χ1n) is 6.52. The van der Waals surface area contributed by atoms with E-state index in [1.165, 1.54) is 7.11 Å². The Bertz CT molecular complexity index is 466. The average molecular weight is 265 g/mol. The molecule has 1 aromatic rings. The SMILES string of the molecule is COC(=O)[C@@H]1CCC[C@@H](OC(=O)c2cccn2C)C1. The number of carbonyl (C=O) groups excluding carboxylic acids is 2. The lowest BCUT2D eigenvalue weighted by Crippen LogP contribution is -2.30. The van der Waals surface area contributed by atoms with Crippen LogP contribution in [0.15, 0.2) is 18.3 Å². The van der Waals surface area contributed by atoms with E-state index >= 15 is 0 Å². The molecule has 5 heteroatoms. The van der Waals surface area contributed by atoms with Crippen molar-refractivity contribution in [3.8, 4) is 0 Å². The number of carbonyl (C=O) groups is 2. The molecule has 1 saturated carbocycles. The van der Waals surface area contributed by atoms with Crippen LogP contribution >= 0.6 is 0 Å². The van der Waals surface area contributed by atoms with Gasteiger partial charge in [0.25, 0.3) is 0 Å². The third kappa shape index (κ3) is 3.16. The molecule has 104 valence electrons. The lowest BCUT2D eigenvalue weighted by Gasteiger charge is -2.27. The van der Waals surface area contributed by atoms with Gasteiger partial charge in [-0.05, 0) is 37.8 Å². The molecular formula is C14H19NO4. The van der Waals surface area contributed by atoms with Gasteiger partial charge in [-0.25, -0.2) is 4.79 Å². The normalized spacial score (nSPS) is 22.8. The Labute approximate surface area is 112 Å². The fourth-order valence-corrected chi connectivity index (χ4v) is 2.52. The van der Waals surface area contributed by atoms with Crippen molar-refractivity contribution in [2.24, 2.45) is 13.0 Å². The van der Waals surface area contributed by atoms with Gasteiger partial charge in [0.2, 0.25) is 0 Å². The standard InChI is InChI=1S/C14H19NO4/c1-15-8-4-7-12(15)14(17)19-11-6-3-5-10(9-11)13(16)18-2/h4,7-8,10-11H,3,5-6,9H2,1-2H3/t10-,11-/m1/s1. The van der Waals surface area contributed by atoms with Gasteiger partial charge in [0, 0.05) is 13.2 Å². The van der Waals surface area contributed by atoms with Crippen molar-refractivity contribution >= 4 is 11.9 Å². The highest BCUT2D eigenvalue weighted by Gasteiger charge is 2.30. The summed E-state index contributed by atoms with van der Waals surface area (Å²) in [4.78, 5) is 23.5. The zero-order valence-corrected chi connectivity index (χ0v) is 11.3. The second-order valence-corrected chi connectivity index (χ2v) is 4.92. The molecule has 1 heterocycles. The predicted molar refractivity (Wildman–Crippen MR) is 68.6 cm³/mol. The summed E-state index contributed by atoms with van der Waals surface area (Å²) in [5.74, 6) is -0.687. The first kappa shape index (κ1) is 13.6. The van der Waals surface area contributed by atoms with Crippen LogP contribution in [-0.4, -0.2) is 29.7 Å². The van der Waals surface area contributed by atoms with Gasteiger partial charge >= 0.3 is 11.9 Å². The Balaban J connectivity index is 1.94. The Morgan fingerprint density at radius 1 is 1.37 bits per heavy atom. The topological polar surface area (TPSA) is 57.5 Å². The Morgan fingerprint density at radius 3 is 2.79 bits per heavy atom. The van der Waals surface area contributed by atoms with Crippen molar-refractivity contribution in [1.29, 1.82) is 0 Å². The summed E-state index contributed by atoms with van der Waals surface area (Å²) in [7, 11) is 3.19. The molecule has 5 nitrogen and oxygen atoms in total. The van der Waals surface area contributed by atoms with E-state index < -0.39 is 0 Å². The summed E-state index contributed by atoms with van der Waals surface area (Å²) in [6, 6.07) is 3.53. The fourth-order valence-electron chi connectivity index (χ4n) is 2.52. The van der Waals surface area contributed by atoms with Gasteiger partial charge in [0.1, 0.15) is 11.8 Å². The molecule has 0 unspecified atom stereocenters. The molecular weight excluding hydrogens is 246 g/mol. The van der Waals surface area contributed by atoms with Crippen LogP contribution in [0.4, 0.5) is 0 Å². The Morgan fingerprint density at radius 2 is 2.16 bits per heavy atom. The molecule has 2 rings (SSSR count). The number of aromatic nitrogens is 1. The molecule has 0 radical (unpaired) electrons. The van der Waals surface area contributed by atoms with E-state index in [1.54, 1.807) is 29.9 Å². The highest BCUT2D eigenvalue weighted by molar-refractivity contribution is 5.87. The van der Waals surface area contributed by atoms with Crippen LogP contribution in [0.25, 0.3) is 0 Å². The van der Waals surface area contributed by atoms with Crippen molar-refractivity contribution in [3.63, 3.8) is 0 Å². The smallest absolute Gasteiger partial charge is 0.355 e. The summed E-state index contributed by atoms with van der Waals surface area (Å²) in [6.07, 6.45) is 4.66. The van der Waals surface area contributed by atoms with Gasteiger partial charge in [-0.2, -0.15) is 0 Å². The summed E-state index contributed by atoms with van der Waals surface area (Å²) in [5.41, 5.74) is 0.528. The molecule has 0 spiro atoms. The Hall–Kier alpha value is -1.78. The second kappa shape index (κ2) is 5.91. The quantitative estimate of drug-likeness (QED) is 0.783. The van der Waals surface area contributed by atoms with Crippen LogP contribution in [0.1, 0.15) is 36.2 Å². The predicted octanol–water partition coefficient (Wildman–Crippen LogP) is 1.91. The van der Waals surface area contributed by atoms with Crippen LogP contribution < -0.4 is 0 Å². The monoisotopic (exact) mass is 265 g/mol. The van der Waals surface area contributed by atoms with Gasteiger partial charge in [-0.1, -0.05) is 0 Å². The summed E-state index contributed by atoms with van der Waals surface area (Å²) in [6.45, 7) is 0. The van der Waals surface area contributed by atoms with Gasteiger partial charge in [-0.3, -0.25) is 4.79 Å². The molecule has 0 N–H and O–H groups in total. The van der Waals surface area contributed by atoms with Gasteiger partial charge in [0.05, 0.1) is 13.0 Å². The van der Waals surface area contributed by atoms with Crippen LogP contribution in [0.2, 0.25) is 0 Å². The first-order valence-corrected chi connectivity index (χ1v) is 6.52. The van der Waals surface area contributed by atoms with Crippen molar-refractivity contribution in [3.05, 3.63) is 24.0 Å². The molecule has 1 aromatic heterocycles. The van der Waals surface area contributed by atoms with E-state index in [2.05, 4.69) is 0 Å². The molecule has 0 aliphatic heterocycles. The number of rotatable bonds is 3. The van der Waals surface area contributed by atoms with E-state index in [0.29, 0.717) is 12.1 Å². The lowest BCUT2D eigenvalue weighted by atomic mass is 9.87. The largest absolute Gasteiger partial charge is 0.469 e. The van der Waals surface area contributed by atoms with Crippen LogP contribution in [0, 0.1) is 5.92 Å². The van der Waals surface area contributed by atoms with Gasteiger partial charge in [0.15, 0.2) is 0 Å². The Kier molecular flexibility index (Phi) is 4.24. The first-order chi connectivity index (χ1) is 9.11. The molecule has 1 fully saturated rings. The van der Waals surface area contributed by atoms with E-state index in [4.69, 9.17) is 9.47 Å². The summed E-state index contributed by atoms with van der Waals surface area (Å²) in [5, 5.41) is 0. The number of hydrogen-bond acceptors (Lipinski definition) is 4. The minimum atomic E-state index is -0.331. The lowest BCUT2D eigenvalue weighted by molar-refractivity contribution is -0.148. The van der Waals surface area contributed by atoms with Crippen molar-refractivity contribution in [2.75, 3.05) is 7.11 Å². The van der Waals surface area contributed by atoms with E-state index in [-0.39, 0.29) is 24.0 Å². The maximum absolute atomic E-state index is 12.0. The molecule has 2 atom stereocenters. The second-order valence-electron chi connectivity index (χ2n) is 4.92. The van der Waals surface area contributed by atoms with E-state index in [9.17, 15) is 9.59 Å². The van der Waals surface area contributed by atoms with Crippen molar-refractivity contribution < 1.29 is 19.1 Å². The highest BCUT2D eigenvalue weighted by Crippen LogP contribution is 2.27. The maximum Gasteiger partial charge on any atom is 0.355 e. The van der Waals surface area contributed by atoms with Crippen LogP contribution in [0.5, 0.6) is 0 Å². The van der Waals surface area contributed by atoms with Crippen LogP contribution in [-0.2, 0) is 21.3 Å². The number of aryl methyl sites for hydroxylation is 1. The number of ether oxygens (including phenoxy) is 2. The molecule has 0 aromatic carbocycles. The van der Waals surface area contributed by atoms with Crippen molar-refractivity contribution in [1.82, 2.24) is 4.57 Å². The molecule has 0 bridgehead atoms. The fraction of sp³-hybridized carbons (Fsp3) is 0.571. The molecule has 1 aliphatic rings.